The molecule has 2 aliphatic carbocycles. The second-order valence-corrected chi connectivity index (χ2v) is 11.6. The molecule has 2 aliphatic rings. The van der Waals surface area contributed by atoms with Crippen LogP contribution in [0.1, 0.15) is 49.9 Å². The predicted molar refractivity (Wildman–Crippen MR) is 165 cm³/mol. The van der Waals surface area contributed by atoms with Crippen LogP contribution in [0.25, 0.3) is 32.3 Å². The van der Waals surface area contributed by atoms with E-state index in [1.807, 2.05) is 12.1 Å². The van der Waals surface area contributed by atoms with E-state index in [4.69, 9.17) is 18.9 Å². The molecule has 0 unspecified atom stereocenters. The van der Waals surface area contributed by atoms with Crippen LogP contribution in [0.3, 0.4) is 0 Å². The van der Waals surface area contributed by atoms with Crippen molar-refractivity contribution in [2.45, 2.75) is 53.4 Å². The smallest absolute Gasteiger partial charge is 0.310 e. The summed E-state index contributed by atoms with van der Waals surface area (Å²) >= 11 is 0. The van der Waals surface area contributed by atoms with Crippen LogP contribution in [0.4, 0.5) is 0 Å². The molecule has 6 rings (SSSR count). The maximum Gasteiger partial charge on any atom is 0.310 e. The van der Waals surface area contributed by atoms with Crippen LogP contribution in [0, 0.1) is 23.7 Å². The highest BCUT2D eigenvalue weighted by Gasteiger charge is 2.44. The zero-order valence-corrected chi connectivity index (χ0v) is 25.7. The van der Waals surface area contributed by atoms with E-state index in [-0.39, 0.29) is 50.3 Å². The average molecular weight is 599 g/mol. The van der Waals surface area contributed by atoms with Crippen LogP contribution in [0.5, 0.6) is 0 Å². The third kappa shape index (κ3) is 4.75. The molecule has 4 aromatic rings. The quantitative estimate of drug-likeness (QED) is 0.149. The Labute approximate surface area is 256 Å². The molecule has 0 saturated heterocycles. The molecule has 4 aromatic carbocycles. The summed E-state index contributed by atoms with van der Waals surface area (Å²) in [4.78, 5) is 52.9. The van der Waals surface area contributed by atoms with Gasteiger partial charge in [-0.15, -0.1) is 0 Å². The lowest BCUT2D eigenvalue weighted by molar-refractivity contribution is -0.160. The molecular weight excluding hydrogens is 560 g/mol. The molecule has 0 N–H and O–H groups in total. The SMILES string of the molecule is CCOC(=O)[C@H]1Cc2c(c3cccc4c5c(c6cccc2c6c43)C[C@@H](C(=O)OCC)[C@@H](C(=O)OCC)C5)C[C@H]1C(=O)OCC. The fraction of sp³-hybridized carbons (Fsp3) is 0.444. The Balaban J connectivity index is 1.60. The lowest BCUT2D eigenvalue weighted by atomic mass is 9.69. The molecule has 0 bridgehead atoms. The summed E-state index contributed by atoms with van der Waals surface area (Å²) < 4.78 is 21.8. The number of esters is 4. The Bertz CT molecular complexity index is 1520. The standard InChI is InChI=1S/C36H38O8/c1-5-41-33(37)27-15-23-19-11-9-13-21-25-17-29(35(39)43-7-3)30(36(40)44-8-4)18-26(25)22-14-10-12-20(32(22)31(19)21)24(23)16-28(27)34(38)42-6-2/h9-14,27-30H,5-8,15-18H2,1-4H3/t27-,28+,29+,30-. The van der Waals surface area contributed by atoms with E-state index in [2.05, 4.69) is 24.3 Å². The summed E-state index contributed by atoms with van der Waals surface area (Å²) in [5.74, 6) is -4.16. The first-order valence-electron chi connectivity index (χ1n) is 15.7. The van der Waals surface area contributed by atoms with Crippen LogP contribution in [0.2, 0.25) is 0 Å². The van der Waals surface area contributed by atoms with Crippen molar-refractivity contribution in [2.75, 3.05) is 26.4 Å². The molecule has 230 valence electrons. The number of hydrogen-bond acceptors (Lipinski definition) is 8. The van der Waals surface area contributed by atoms with E-state index >= 15 is 0 Å². The average Bonchev–Trinajstić information content (AvgIpc) is 3.03. The number of rotatable bonds is 8. The summed E-state index contributed by atoms with van der Waals surface area (Å²) in [5.41, 5.74) is 4.15. The molecule has 8 heteroatoms. The van der Waals surface area contributed by atoms with Crippen LogP contribution >= 0.6 is 0 Å². The summed E-state index contributed by atoms with van der Waals surface area (Å²) in [6, 6.07) is 12.4. The Hall–Kier alpha value is -4.20. The summed E-state index contributed by atoms with van der Waals surface area (Å²) in [5, 5.41) is 6.26. The van der Waals surface area contributed by atoms with Crippen LogP contribution in [-0.4, -0.2) is 50.3 Å². The normalized spacial score (nSPS) is 21.1. The van der Waals surface area contributed by atoms with E-state index in [1.165, 1.54) is 0 Å². The van der Waals surface area contributed by atoms with Crippen LogP contribution < -0.4 is 0 Å². The van der Waals surface area contributed by atoms with Gasteiger partial charge in [-0.25, -0.2) is 0 Å². The van der Waals surface area contributed by atoms with Gasteiger partial charge in [0.15, 0.2) is 0 Å². The second-order valence-electron chi connectivity index (χ2n) is 11.6. The number of carbonyl (C=O) groups excluding carboxylic acids is 4. The Morgan fingerprint density at radius 3 is 0.909 bits per heavy atom. The monoisotopic (exact) mass is 598 g/mol. The van der Waals surface area contributed by atoms with Crippen molar-refractivity contribution in [3.05, 3.63) is 58.7 Å². The Morgan fingerprint density at radius 2 is 0.705 bits per heavy atom. The first-order valence-corrected chi connectivity index (χ1v) is 15.7. The van der Waals surface area contributed by atoms with Crippen molar-refractivity contribution >= 4 is 56.2 Å². The maximum atomic E-state index is 13.2. The van der Waals surface area contributed by atoms with Crippen LogP contribution in [0.15, 0.2) is 36.4 Å². The molecule has 0 saturated carbocycles. The molecule has 4 atom stereocenters. The van der Waals surface area contributed by atoms with E-state index in [0.717, 1.165) is 54.6 Å². The summed E-state index contributed by atoms with van der Waals surface area (Å²) in [7, 11) is 0. The van der Waals surface area contributed by atoms with E-state index in [1.54, 1.807) is 27.7 Å². The first-order chi connectivity index (χ1) is 21.3. The topological polar surface area (TPSA) is 105 Å². The van der Waals surface area contributed by atoms with Gasteiger partial charge in [0.1, 0.15) is 0 Å². The summed E-state index contributed by atoms with van der Waals surface area (Å²) in [6.45, 7) is 7.99. The minimum absolute atomic E-state index is 0.231. The fourth-order valence-corrected chi connectivity index (χ4v) is 7.67. The van der Waals surface area contributed by atoms with Crippen molar-refractivity contribution in [2.24, 2.45) is 23.7 Å². The van der Waals surface area contributed by atoms with Crippen molar-refractivity contribution in [3.8, 4) is 0 Å². The number of fused-ring (bicyclic) bond motifs is 6. The zero-order valence-electron chi connectivity index (χ0n) is 25.7. The molecule has 0 spiro atoms. The lowest BCUT2D eigenvalue weighted by Crippen LogP contribution is -2.39. The van der Waals surface area contributed by atoms with E-state index in [0.29, 0.717) is 25.7 Å². The number of benzene rings is 4. The molecule has 0 fully saturated rings. The third-order valence-electron chi connectivity index (χ3n) is 9.43. The molecule has 8 nitrogen and oxygen atoms in total. The largest absolute Gasteiger partial charge is 0.466 e. The van der Waals surface area contributed by atoms with Gasteiger partial charge in [-0.2, -0.15) is 0 Å². The second kappa shape index (κ2) is 12.1. The molecule has 44 heavy (non-hydrogen) atoms. The highest BCUT2D eigenvalue weighted by molar-refractivity contribution is 6.27. The van der Waals surface area contributed by atoms with Crippen molar-refractivity contribution < 1.29 is 38.1 Å². The van der Waals surface area contributed by atoms with Gasteiger partial charge < -0.3 is 18.9 Å². The third-order valence-corrected chi connectivity index (χ3v) is 9.43. The van der Waals surface area contributed by atoms with Gasteiger partial charge in [0.2, 0.25) is 0 Å². The maximum absolute atomic E-state index is 13.2. The Kier molecular flexibility index (Phi) is 8.18. The highest BCUT2D eigenvalue weighted by atomic mass is 16.5. The van der Waals surface area contributed by atoms with Crippen molar-refractivity contribution in [3.63, 3.8) is 0 Å². The molecular formula is C36H38O8. The summed E-state index contributed by atoms with van der Waals surface area (Å²) in [6.07, 6.45) is 1.44. The molecule has 0 radical (unpaired) electrons. The predicted octanol–water partition coefficient (Wildman–Crippen LogP) is 5.50. The molecule has 0 heterocycles. The molecule has 0 aliphatic heterocycles. The van der Waals surface area contributed by atoms with Gasteiger partial charge in [0, 0.05) is 0 Å². The van der Waals surface area contributed by atoms with Crippen LogP contribution in [-0.2, 0) is 63.8 Å². The van der Waals surface area contributed by atoms with E-state index < -0.39 is 23.7 Å². The van der Waals surface area contributed by atoms with Crippen molar-refractivity contribution in [1.29, 1.82) is 0 Å². The first kappa shape index (κ1) is 29.9. The fourth-order valence-electron chi connectivity index (χ4n) is 7.67. The van der Waals surface area contributed by atoms with Gasteiger partial charge >= 0.3 is 23.9 Å². The Morgan fingerprint density at radius 1 is 0.477 bits per heavy atom. The lowest BCUT2D eigenvalue weighted by Gasteiger charge is -2.35. The van der Waals surface area contributed by atoms with Gasteiger partial charge in [-0.05, 0) is 108 Å². The van der Waals surface area contributed by atoms with Gasteiger partial charge in [0.25, 0.3) is 0 Å². The zero-order chi connectivity index (χ0) is 31.1. The van der Waals surface area contributed by atoms with Crippen molar-refractivity contribution in [1.82, 2.24) is 0 Å². The number of hydrogen-bond donors (Lipinski definition) is 0. The van der Waals surface area contributed by atoms with Gasteiger partial charge in [-0.3, -0.25) is 19.2 Å². The number of ether oxygens (including phenoxy) is 4. The van der Waals surface area contributed by atoms with Gasteiger partial charge in [0.05, 0.1) is 50.1 Å². The molecule has 0 amide bonds. The highest BCUT2D eigenvalue weighted by Crippen LogP contribution is 2.49. The van der Waals surface area contributed by atoms with Gasteiger partial charge in [-0.1, -0.05) is 36.4 Å². The number of carbonyl (C=O) groups is 4. The minimum Gasteiger partial charge on any atom is -0.466 e. The molecule has 0 aromatic heterocycles. The van der Waals surface area contributed by atoms with E-state index in [9.17, 15) is 19.2 Å². The minimum atomic E-state index is -0.653.